The number of hydrogen-bond acceptors (Lipinski definition) is 2. The van der Waals surface area contributed by atoms with Crippen LogP contribution < -0.4 is 4.74 Å². The van der Waals surface area contributed by atoms with Crippen LogP contribution in [0.1, 0.15) is 123 Å². The van der Waals surface area contributed by atoms with Crippen LogP contribution in [-0.4, -0.2) is 11.6 Å². The van der Waals surface area contributed by atoms with E-state index in [2.05, 4.69) is 63.4 Å². The molecule has 0 unspecified atom stereocenters. The van der Waals surface area contributed by atoms with Crippen molar-refractivity contribution in [3.8, 4) is 17.0 Å². The summed E-state index contributed by atoms with van der Waals surface area (Å²) in [6.07, 6.45) is 23.8. The Morgan fingerprint density at radius 2 is 1.47 bits per heavy atom. The molecule has 1 aromatic heterocycles. The maximum atomic E-state index is 6.00. The van der Waals surface area contributed by atoms with Gasteiger partial charge in [0.2, 0.25) is 0 Å². The molecule has 2 nitrogen and oxygen atoms in total. The zero-order valence-electron chi connectivity index (χ0n) is 23.6. The molecule has 2 heteroatoms. The van der Waals surface area contributed by atoms with Crippen molar-refractivity contribution in [3.63, 3.8) is 0 Å². The Labute approximate surface area is 222 Å². The van der Waals surface area contributed by atoms with Gasteiger partial charge in [-0.05, 0) is 79.3 Å². The number of aryl methyl sites for hydroxylation is 1. The Morgan fingerprint density at radius 3 is 2.14 bits per heavy atom. The maximum absolute atomic E-state index is 6.00. The van der Waals surface area contributed by atoms with Crippen LogP contribution in [0.3, 0.4) is 0 Å². The molecule has 2 aromatic rings. The second-order valence-electron chi connectivity index (χ2n) is 11.6. The summed E-state index contributed by atoms with van der Waals surface area (Å²) in [7, 11) is 0. The number of benzene rings is 1. The highest BCUT2D eigenvalue weighted by Crippen LogP contribution is 2.34. The molecule has 0 amide bonds. The van der Waals surface area contributed by atoms with Gasteiger partial charge in [0.15, 0.2) is 0 Å². The van der Waals surface area contributed by atoms with Crippen molar-refractivity contribution in [1.29, 1.82) is 0 Å². The van der Waals surface area contributed by atoms with Crippen LogP contribution >= 0.6 is 0 Å². The van der Waals surface area contributed by atoms with E-state index in [1.165, 1.54) is 107 Å². The normalized spacial score (nSPS) is 18.8. The fourth-order valence-corrected chi connectivity index (χ4v) is 5.82. The molecule has 0 bridgehead atoms. The van der Waals surface area contributed by atoms with Crippen molar-refractivity contribution < 1.29 is 4.74 Å². The van der Waals surface area contributed by atoms with E-state index in [-0.39, 0.29) is 0 Å². The molecule has 1 aliphatic carbocycles. The summed E-state index contributed by atoms with van der Waals surface area (Å²) < 4.78 is 6.00. The van der Waals surface area contributed by atoms with Gasteiger partial charge in [-0.2, -0.15) is 0 Å². The minimum absolute atomic E-state index is 0.811. The molecule has 1 fully saturated rings. The zero-order chi connectivity index (χ0) is 25.4. The third kappa shape index (κ3) is 10.7. The maximum Gasteiger partial charge on any atom is 0.119 e. The monoisotopic (exact) mass is 491 g/mol. The lowest BCUT2D eigenvalue weighted by atomic mass is 9.78. The van der Waals surface area contributed by atoms with Crippen molar-refractivity contribution in [2.75, 3.05) is 6.61 Å². The first-order valence-electron chi connectivity index (χ1n) is 15.4. The number of pyridine rings is 1. The molecule has 0 spiro atoms. The lowest BCUT2D eigenvalue weighted by Gasteiger charge is -2.28. The topological polar surface area (TPSA) is 22.1 Å². The number of unbranched alkanes of at least 4 members (excludes halogenated alkanes) is 4. The van der Waals surface area contributed by atoms with Gasteiger partial charge in [0, 0.05) is 11.8 Å². The number of nitrogens with zero attached hydrogens (tertiary/aromatic N) is 1. The van der Waals surface area contributed by atoms with Crippen LogP contribution in [0.5, 0.6) is 5.75 Å². The second kappa shape index (κ2) is 16.8. The molecule has 1 atom stereocenters. The first-order valence-corrected chi connectivity index (χ1v) is 15.4. The summed E-state index contributed by atoms with van der Waals surface area (Å²) >= 11 is 0. The van der Waals surface area contributed by atoms with Gasteiger partial charge < -0.3 is 4.74 Å². The Morgan fingerprint density at radius 1 is 0.778 bits per heavy atom. The standard InChI is InChI=1S/C34H53NO/c1-4-6-8-9-11-28(3)12-10-26-36-33-23-21-32(22-24-33)34-25-20-31(27-35-34)19-18-30-16-14-29(15-17-30)13-7-5-2/h20-25,27-30H,4-19,26H2,1-3H3/t28-,29?,30?/m0/s1. The van der Waals surface area contributed by atoms with Gasteiger partial charge in [0.25, 0.3) is 0 Å². The quantitative estimate of drug-likeness (QED) is 0.205. The number of hydrogen-bond donors (Lipinski definition) is 0. The third-order valence-corrected chi connectivity index (χ3v) is 8.41. The van der Waals surface area contributed by atoms with Crippen molar-refractivity contribution in [2.24, 2.45) is 17.8 Å². The predicted octanol–water partition coefficient (Wildman–Crippen LogP) is 10.4. The van der Waals surface area contributed by atoms with E-state index in [1.54, 1.807) is 0 Å². The van der Waals surface area contributed by atoms with Crippen LogP contribution in [-0.2, 0) is 6.42 Å². The molecule has 0 aliphatic heterocycles. The van der Waals surface area contributed by atoms with Gasteiger partial charge in [-0.15, -0.1) is 0 Å². The zero-order valence-corrected chi connectivity index (χ0v) is 23.6. The summed E-state index contributed by atoms with van der Waals surface area (Å²) in [6.45, 7) is 7.79. The molecule has 1 heterocycles. The van der Waals surface area contributed by atoms with E-state index in [4.69, 9.17) is 9.72 Å². The van der Waals surface area contributed by atoms with Gasteiger partial charge in [0.05, 0.1) is 12.3 Å². The fourth-order valence-electron chi connectivity index (χ4n) is 5.82. The summed E-state index contributed by atoms with van der Waals surface area (Å²) in [4.78, 5) is 4.78. The van der Waals surface area contributed by atoms with Crippen LogP contribution in [0.15, 0.2) is 42.6 Å². The SMILES string of the molecule is CCCCCC[C@H](C)CCCOc1ccc(-c2ccc(CCC3CCC(CCCC)CC3)cn2)cc1. The van der Waals surface area contributed by atoms with Gasteiger partial charge >= 0.3 is 0 Å². The second-order valence-corrected chi connectivity index (χ2v) is 11.6. The number of aromatic nitrogens is 1. The number of rotatable bonds is 17. The van der Waals surface area contributed by atoms with Gasteiger partial charge in [-0.3, -0.25) is 4.98 Å². The van der Waals surface area contributed by atoms with Crippen molar-refractivity contribution >= 4 is 0 Å². The number of ether oxygens (including phenoxy) is 1. The average molecular weight is 492 g/mol. The predicted molar refractivity (Wildman–Crippen MR) is 156 cm³/mol. The Kier molecular flexibility index (Phi) is 13.4. The fraction of sp³-hybridized carbons (Fsp3) is 0.676. The molecule has 3 rings (SSSR count). The molecule has 1 aliphatic rings. The van der Waals surface area contributed by atoms with Crippen molar-refractivity contribution in [3.05, 3.63) is 48.2 Å². The lowest BCUT2D eigenvalue weighted by molar-refractivity contribution is 0.250. The minimum Gasteiger partial charge on any atom is -0.494 e. The molecule has 0 N–H and O–H groups in total. The van der Waals surface area contributed by atoms with Crippen molar-refractivity contribution in [2.45, 2.75) is 124 Å². The summed E-state index contributed by atoms with van der Waals surface area (Å²) in [5, 5.41) is 0. The first kappa shape index (κ1) is 28.7. The van der Waals surface area contributed by atoms with Gasteiger partial charge in [0.1, 0.15) is 5.75 Å². The third-order valence-electron chi connectivity index (χ3n) is 8.41. The van der Waals surface area contributed by atoms with Crippen LogP contribution in [0, 0.1) is 17.8 Å². The van der Waals surface area contributed by atoms with E-state index >= 15 is 0 Å². The molecule has 0 radical (unpaired) electrons. The largest absolute Gasteiger partial charge is 0.494 e. The Bertz CT molecular complexity index is 804. The molecule has 1 saturated carbocycles. The van der Waals surface area contributed by atoms with E-state index in [0.717, 1.165) is 42.2 Å². The molecular weight excluding hydrogens is 438 g/mol. The summed E-state index contributed by atoms with van der Waals surface area (Å²) in [6, 6.07) is 12.9. The molecular formula is C34H53NO. The highest BCUT2D eigenvalue weighted by Gasteiger charge is 2.20. The molecule has 1 aromatic carbocycles. The van der Waals surface area contributed by atoms with Gasteiger partial charge in [-0.1, -0.05) is 104 Å². The minimum atomic E-state index is 0.811. The highest BCUT2D eigenvalue weighted by atomic mass is 16.5. The molecule has 0 saturated heterocycles. The van der Waals surface area contributed by atoms with E-state index in [0.29, 0.717) is 0 Å². The van der Waals surface area contributed by atoms with E-state index < -0.39 is 0 Å². The van der Waals surface area contributed by atoms with Crippen molar-refractivity contribution in [1.82, 2.24) is 4.98 Å². The Hall–Kier alpha value is -1.83. The molecule has 36 heavy (non-hydrogen) atoms. The summed E-state index contributed by atoms with van der Waals surface area (Å²) in [5.41, 5.74) is 3.60. The van der Waals surface area contributed by atoms with Crippen LogP contribution in [0.25, 0.3) is 11.3 Å². The lowest BCUT2D eigenvalue weighted by Crippen LogP contribution is -2.15. The Balaban J connectivity index is 1.33. The average Bonchev–Trinajstić information content (AvgIpc) is 2.92. The van der Waals surface area contributed by atoms with E-state index in [9.17, 15) is 0 Å². The van der Waals surface area contributed by atoms with E-state index in [1.807, 2.05) is 0 Å². The summed E-state index contributed by atoms with van der Waals surface area (Å²) in [5.74, 6) is 3.71. The van der Waals surface area contributed by atoms with Gasteiger partial charge in [-0.25, -0.2) is 0 Å². The molecule has 200 valence electrons. The first-order chi connectivity index (χ1) is 17.7. The smallest absolute Gasteiger partial charge is 0.119 e. The van der Waals surface area contributed by atoms with Crippen LogP contribution in [0.4, 0.5) is 0 Å². The van der Waals surface area contributed by atoms with Crippen LogP contribution in [0.2, 0.25) is 0 Å². The highest BCUT2D eigenvalue weighted by molar-refractivity contribution is 5.60.